The summed E-state index contributed by atoms with van der Waals surface area (Å²) in [6.07, 6.45) is 8.36. The molecule has 0 aliphatic carbocycles. The van der Waals surface area contributed by atoms with E-state index in [1.54, 1.807) is 0 Å². The van der Waals surface area contributed by atoms with Crippen LogP contribution in [0.5, 0.6) is 0 Å². The molecule has 2 fully saturated rings. The van der Waals surface area contributed by atoms with Gasteiger partial charge in [-0.3, -0.25) is 4.90 Å². The molecule has 2 saturated heterocycles. The lowest BCUT2D eigenvalue weighted by Gasteiger charge is -2.29. The van der Waals surface area contributed by atoms with Crippen molar-refractivity contribution in [2.75, 3.05) is 26.2 Å². The number of hydrogen-bond donors (Lipinski definition) is 1. The molecule has 2 unspecified atom stereocenters. The summed E-state index contributed by atoms with van der Waals surface area (Å²) in [4.78, 5) is 2.64. The second kappa shape index (κ2) is 7.46. The number of rotatable bonds is 7. The smallest absolute Gasteiger partial charge is 0.0576 e. The van der Waals surface area contributed by atoms with Gasteiger partial charge in [0, 0.05) is 25.2 Å². The molecule has 0 aromatic rings. The highest BCUT2D eigenvalue weighted by Crippen LogP contribution is 2.17. The van der Waals surface area contributed by atoms with Gasteiger partial charge < -0.3 is 10.1 Å². The van der Waals surface area contributed by atoms with Crippen molar-refractivity contribution < 1.29 is 4.74 Å². The summed E-state index contributed by atoms with van der Waals surface area (Å²) in [5.41, 5.74) is 0. The van der Waals surface area contributed by atoms with Crippen LogP contribution >= 0.6 is 0 Å². The van der Waals surface area contributed by atoms with E-state index in [9.17, 15) is 0 Å². The number of nitrogens with one attached hydrogen (secondary N) is 1. The molecule has 0 aromatic carbocycles. The summed E-state index contributed by atoms with van der Waals surface area (Å²) >= 11 is 0. The number of hydrogen-bond acceptors (Lipinski definition) is 3. The van der Waals surface area contributed by atoms with Gasteiger partial charge in [0.15, 0.2) is 0 Å². The van der Waals surface area contributed by atoms with Crippen LogP contribution in [-0.4, -0.2) is 49.3 Å². The molecule has 0 amide bonds. The third-order valence-corrected chi connectivity index (χ3v) is 4.34. The third kappa shape index (κ3) is 4.52. The van der Waals surface area contributed by atoms with Gasteiger partial charge in [-0.2, -0.15) is 0 Å². The van der Waals surface area contributed by atoms with Crippen LogP contribution in [0.3, 0.4) is 0 Å². The van der Waals surface area contributed by atoms with Crippen LogP contribution in [0.1, 0.15) is 52.4 Å². The summed E-state index contributed by atoms with van der Waals surface area (Å²) < 4.78 is 5.70. The van der Waals surface area contributed by atoms with Crippen molar-refractivity contribution in [3.63, 3.8) is 0 Å². The van der Waals surface area contributed by atoms with Crippen LogP contribution in [-0.2, 0) is 4.74 Å². The van der Waals surface area contributed by atoms with Crippen LogP contribution in [0.25, 0.3) is 0 Å². The lowest BCUT2D eigenvalue weighted by molar-refractivity contribution is 0.0961. The monoisotopic (exact) mass is 254 g/mol. The third-order valence-electron chi connectivity index (χ3n) is 4.34. The fourth-order valence-corrected chi connectivity index (χ4v) is 3.15. The molecule has 1 N–H and O–H groups in total. The molecule has 2 heterocycles. The molecule has 2 rings (SSSR count). The van der Waals surface area contributed by atoms with Gasteiger partial charge in [-0.15, -0.1) is 0 Å². The van der Waals surface area contributed by atoms with Gasteiger partial charge in [0.1, 0.15) is 0 Å². The van der Waals surface area contributed by atoms with Crippen molar-refractivity contribution in [2.24, 2.45) is 0 Å². The largest absolute Gasteiger partial charge is 0.378 e. The molecule has 0 spiro atoms. The molecule has 106 valence electrons. The Morgan fingerprint density at radius 2 is 2.17 bits per heavy atom. The van der Waals surface area contributed by atoms with Gasteiger partial charge >= 0.3 is 0 Å². The summed E-state index contributed by atoms with van der Waals surface area (Å²) in [5.74, 6) is 0. The molecule has 0 saturated carbocycles. The first-order valence-electron chi connectivity index (χ1n) is 7.84. The Hall–Kier alpha value is -0.120. The first-order valence-corrected chi connectivity index (χ1v) is 7.84. The van der Waals surface area contributed by atoms with E-state index in [-0.39, 0.29) is 0 Å². The van der Waals surface area contributed by atoms with Gasteiger partial charge in [0.2, 0.25) is 0 Å². The molecule has 3 nitrogen and oxygen atoms in total. The summed E-state index contributed by atoms with van der Waals surface area (Å²) in [6.45, 7) is 9.30. The minimum atomic E-state index is 0.559. The maximum atomic E-state index is 5.70. The first kappa shape index (κ1) is 14.3. The van der Waals surface area contributed by atoms with Gasteiger partial charge in [-0.1, -0.05) is 0 Å². The van der Waals surface area contributed by atoms with Crippen molar-refractivity contribution in [1.29, 1.82) is 0 Å². The normalized spacial score (nSPS) is 28.7. The molecular formula is C15H30N2O. The number of ether oxygens (including phenoxy) is 1. The van der Waals surface area contributed by atoms with Crippen LogP contribution in [0.4, 0.5) is 0 Å². The van der Waals surface area contributed by atoms with E-state index in [1.807, 2.05) is 0 Å². The van der Waals surface area contributed by atoms with Gasteiger partial charge in [0.05, 0.1) is 6.10 Å². The topological polar surface area (TPSA) is 24.5 Å². The highest BCUT2D eigenvalue weighted by molar-refractivity contribution is 4.79. The van der Waals surface area contributed by atoms with Crippen molar-refractivity contribution in [3.8, 4) is 0 Å². The second-order valence-corrected chi connectivity index (χ2v) is 6.16. The predicted molar refractivity (Wildman–Crippen MR) is 75.9 cm³/mol. The van der Waals surface area contributed by atoms with Crippen LogP contribution < -0.4 is 5.32 Å². The zero-order valence-electron chi connectivity index (χ0n) is 12.2. The molecule has 18 heavy (non-hydrogen) atoms. The maximum absolute atomic E-state index is 5.70. The molecule has 0 bridgehead atoms. The van der Waals surface area contributed by atoms with E-state index < -0.39 is 0 Å². The van der Waals surface area contributed by atoms with Crippen LogP contribution in [0, 0.1) is 0 Å². The zero-order chi connectivity index (χ0) is 12.8. The summed E-state index contributed by atoms with van der Waals surface area (Å²) in [5, 5.41) is 3.61. The lowest BCUT2D eigenvalue weighted by atomic mass is 10.1. The lowest BCUT2D eigenvalue weighted by Crippen LogP contribution is -2.41. The number of nitrogens with zero attached hydrogens (tertiary/aromatic N) is 1. The van der Waals surface area contributed by atoms with E-state index in [0.717, 1.165) is 12.6 Å². The standard InChI is InChI=1S/C15H30N2O/c1-13(2)17(12-14-6-3-9-16-14)10-4-7-15-8-5-11-18-15/h13-16H,3-12H2,1-2H3. The Balaban J connectivity index is 1.64. The Morgan fingerprint density at radius 3 is 2.78 bits per heavy atom. The van der Waals surface area contributed by atoms with Gasteiger partial charge in [-0.05, 0) is 65.5 Å². The molecule has 2 atom stereocenters. The molecule has 2 aliphatic rings. The van der Waals surface area contributed by atoms with E-state index >= 15 is 0 Å². The minimum Gasteiger partial charge on any atom is -0.378 e. The highest BCUT2D eigenvalue weighted by atomic mass is 16.5. The zero-order valence-corrected chi connectivity index (χ0v) is 12.2. The van der Waals surface area contributed by atoms with Crippen LogP contribution in [0.15, 0.2) is 0 Å². The Kier molecular flexibility index (Phi) is 5.93. The molecular weight excluding hydrogens is 224 g/mol. The molecule has 0 radical (unpaired) electrons. The fourth-order valence-electron chi connectivity index (χ4n) is 3.15. The molecule has 0 aromatic heterocycles. The SMILES string of the molecule is CC(C)N(CCCC1CCCO1)CC1CCCN1. The van der Waals surface area contributed by atoms with Crippen molar-refractivity contribution in [3.05, 3.63) is 0 Å². The van der Waals surface area contributed by atoms with Crippen LogP contribution in [0.2, 0.25) is 0 Å². The van der Waals surface area contributed by atoms with E-state index in [1.165, 1.54) is 58.2 Å². The molecule has 2 aliphatic heterocycles. The Morgan fingerprint density at radius 1 is 1.28 bits per heavy atom. The van der Waals surface area contributed by atoms with E-state index in [0.29, 0.717) is 12.1 Å². The Labute approximate surface area is 112 Å². The average molecular weight is 254 g/mol. The minimum absolute atomic E-state index is 0.559. The first-order chi connectivity index (χ1) is 8.75. The average Bonchev–Trinajstić information content (AvgIpc) is 2.99. The molecule has 3 heteroatoms. The predicted octanol–water partition coefficient (Wildman–Crippen LogP) is 2.41. The van der Waals surface area contributed by atoms with Crippen molar-refractivity contribution >= 4 is 0 Å². The van der Waals surface area contributed by atoms with Crippen molar-refractivity contribution in [1.82, 2.24) is 10.2 Å². The summed E-state index contributed by atoms with van der Waals surface area (Å²) in [7, 11) is 0. The maximum Gasteiger partial charge on any atom is 0.0576 e. The van der Waals surface area contributed by atoms with Crippen molar-refractivity contribution in [2.45, 2.75) is 70.6 Å². The van der Waals surface area contributed by atoms with Gasteiger partial charge in [-0.25, -0.2) is 0 Å². The Bertz CT molecular complexity index is 221. The quantitative estimate of drug-likeness (QED) is 0.755. The second-order valence-electron chi connectivity index (χ2n) is 6.16. The van der Waals surface area contributed by atoms with E-state index in [2.05, 4.69) is 24.1 Å². The highest BCUT2D eigenvalue weighted by Gasteiger charge is 2.20. The van der Waals surface area contributed by atoms with Gasteiger partial charge in [0.25, 0.3) is 0 Å². The fraction of sp³-hybridized carbons (Fsp3) is 1.00. The summed E-state index contributed by atoms with van der Waals surface area (Å²) in [6, 6.07) is 1.40. The van der Waals surface area contributed by atoms with E-state index in [4.69, 9.17) is 4.74 Å².